The zero-order valence-electron chi connectivity index (χ0n) is 9.09. The maximum atomic E-state index is 11.6. The van der Waals surface area contributed by atoms with Gasteiger partial charge in [0.15, 0.2) is 0 Å². The number of hydrogen-bond acceptors (Lipinski definition) is 4. The number of amides is 1. The molecule has 0 radical (unpaired) electrons. The zero-order valence-corrected chi connectivity index (χ0v) is 9.09. The summed E-state index contributed by atoms with van der Waals surface area (Å²) in [5.41, 5.74) is 5.19. The van der Waals surface area contributed by atoms with E-state index in [2.05, 4.69) is 10.1 Å². The van der Waals surface area contributed by atoms with Crippen molar-refractivity contribution in [1.29, 1.82) is 0 Å². The summed E-state index contributed by atoms with van der Waals surface area (Å²) in [5, 5.41) is 2.56. The molecule has 0 aromatic heterocycles. The summed E-state index contributed by atoms with van der Waals surface area (Å²) in [6, 6.07) is 0. The summed E-state index contributed by atoms with van der Waals surface area (Å²) < 4.78 is 32.8. The summed E-state index contributed by atoms with van der Waals surface area (Å²) in [6.07, 6.45) is -2.42. The molecule has 0 spiro atoms. The lowest BCUT2D eigenvalue weighted by atomic mass is 10.4. The second-order valence-electron chi connectivity index (χ2n) is 2.97. The highest BCUT2D eigenvalue weighted by Gasteiger charge is 2.04. The van der Waals surface area contributed by atoms with Gasteiger partial charge in [-0.3, -0.25) is 4.79 Å². The third-order valence-electron chi connectivity index (χ3n) is 1.55. The molecule has 0 fully saturated rings. The lowest BCUT2D eigenvalue weighted by Gasteiger charge is -2.06. The van der Waals surface area contributed by atoms with Gasteiger partial charge in [-0.1, -0.05) is 0 Å². The topological polar surface area (TPSA) is 73.6 Å². The Morgan fingerprint density at radius 1 is 1.25 bits per heavy atom. The van der Waals surface area contributed by atoms with E-state index >= 15 is 0 Å². The Morgan fingerprint density at radius 3 is 2.62 bits per heavy atom. The molecule has 0 rings (SSSR count). The smallest absolute Gasteiger partial charge is 0.261 e. The molecule has 0 aliphatic heterocycles. The maximum absolute atomic E-state index is 11.6. The average molecular weight is 240 g/mol. The number of nitrogens with two attached hydrogens (primary N) is 1. The van der Waals surface area contributed by atoms with Crippen LogP contribution in [-0.2, 0) is 14.3 Å². The second kappa shape index (κ2) is 10.7. The minimum absolute atomic E-state index is 0.000168. The first kappa shape index (κ1) is 15.2. The SMILES string of the molecule is NCCOCCNC(=O)CCOCC(F)F. The number of alkyl halides is 2. The van der Waals surface area contributed by atoms with Crippen molar-refractivity contribution in [1.82, 2.24) is 5.32 Å². The summed E-state index contributed by atoms with van der Waals surface area (Å²) >= 11 is 0. The predicted molar refractivity (Wildman–Crippen MR) is 54.3 cm³/mol. The van der Waals surface area contributed by atoms with Crippen LogP contribution < -0.4 is 11.1 Å². The van der Waals surface area contributed by atoms with E-state index in [1.165, 1.54) is 0 Å². The van der Waals surface area contributed by atoms with Gasteiger partial charge in [0.25, 0.3) is 6.43 Å². The van der Waals surface area contributed by atoms with Gasteiger partial charge in [0.05, 0.1) is 19.8 Å². The van der Waals surface area contributed by atoms with Crippen LogP contribution in [0.4, 0.5) is 8.78 Å². The zero-order chi connectivity index (χ0) is 12.2. The Labute approximate surface area is 93.3 Å². The van der Waals surface area contributed by atoms with Crippen molar-refractivity contribution in [3.8, 4) is 0 Å². The molecule has 0 aliphatic rings. The molecule has 96 valence electrons. The van der Waals surface area contributed by atoms with Crippen molar-refractivity contribution in [2.45, 2.75) is 12.8 Å². The van der Waals surface area contributed by atoms with Crippen molar-refractivity contribution in [2.24, 2.45) is 5.73 Å². The van der Waals surface area contributed by atoms with Gasteiger partial charge in [-0.2, -0.15) is 0 Å². The van der Waals surface area contributed by atoms with Crippen molar-refractivity contribution < 1.29 is 23.0 Å². The van der Waals surface area contributed by atoms with Crippen LogP contribution in [0, 0.1) is 0 Å². The van der Waals surface area contributed by atoms with Crippen LogP contribution in [0.2, 0.25) is 0 Å². The van der Waals surface area contributed by atoms with E-state index in [0.29, 0.717) is 26.3 Å². The molecule has 16 heavy (non-hydrogen) atoms. The number of ether oxygens (including phenoxy) is 2. The Bertz CT molecular complexity index is 182. The number of nitrogens with one attached hydrogen (secondary N) is 1. The van der Waals surface area contributed by atoms with Crippen molar-refractivity contribution in [2.75, 3.05) is 39.5 Å². The van der Waals surface area contributed by atoms with Crippen molar-refractivity contribution in [3.05, 3.63) is 0 Å². The van der Waals surface area contributed by atoms with E-state index in [4.69, 9.17) is 10.5 Å². The quantitative estimate of drug-likeness (QED) is 0.516. The van der Waals surface area contributed by atoms with Gasteiger partial charge in [-0.15, -0.1) is 0 Å². The fraction of sp³-hybridized carbons (Fsp3) is 0.889. The molecule has 1 amide bonds. The largest absolute Gasteiger partial charge is 0.378 e. The molecular formula is C9H18F2N2O3. The lowest BCUT2D eigenvalue weighted by Crippen LogP contribution is -2.28. The third kappa shape index (κ3) is 11.3. The molecule has 0 unspecified atom stereocenters. The number of carbonyl (C=O) groups is 1. The number of hydrogen-bond donors (Lipinski definition) is 2. The van der Waals surface area contributed by atoms with E-state index in [1.807, 2.05) is 0 Å². The van der Waals surface area contributed by atoms with E-state index in [-0.39, 0.29) is 18.9 Å². The molecule has 0 saturated heterocycles. The third-order valence-corrected chi connectivity index (χ3v) is 1.55. The average Bonchev–Trinajstić information content (AvgIpc) is 2.24. The lowest BCUT2D eigenvalue weighted by molar-refractivity contribution is -0.122. The highest BCUT2D eigenvalue weighted by molar-refractivity contribution is 5.75. The Balaban J connectivity index is 3.18. The van der Waals surface area contributed by atoms with E-state index < -0.39 is 13.0 Å². The molecule has 7 heteroatoms. The summed E-state index contributed by atoms with van der Waals surface area (Å²) in [5.74, 6) is -0.245. The summed E-state index contributed by atoms with van der Waals surface area (Å²) in [4.78, 5) is 11.1. The van der Waals surface area contributed by atoms with Crippen LogP contribution in [0.1, 0.15) is 6.42 Å². The summed E-state index contributed by atoms with van der Waals surface area (Å²) in [7, 11) is 0. The molecule has 3 N–H and O–H groups in total. The second-order valence-corrected chi connectivity index (χ2v) is 2.97. The monoisotopic (exact) mass is 240 g/mol. The minimum Gasteiger partial charge on any atom is -0.378 e. The van der Waals surface area contributed by atoms with Gasteiger partial charge >= 0.3 is 0 Å². The van der Waals surface area contributed by atoms with Gasteiger partial charge < -0.3 is 20.5 Å². The van der Waals surface area contributed by atoms with Crippen LogP contribution in [0.3, 0.4) is 0 Å². The molecule has 0 aromatic carbocycles. The molecule has 0 aliphatic carbocycles. The number of rotatable bonds is 10. The van der Waals surface area contributed by atoms with Crippen LogP contribution in [0.5, 0.6) is 0 Å². The van der Waals surface area contributed by atoms with Crippen LogP contribution in [-0.4, -0.2) is 51.8 Å². The standard InChI is InChI=1S/C9H18F2N2O3/c10-8(11)7-16-4-1-9(14)13-3-6-15-5-2-12/h8H,1-7,12H2,(H,13,14). The highest BCUT2D eigenvalue weighted by Crippen LogP contribution is 1.93. The van der Waals surface area contributed by atoms with Gasteiger partial charge in [0.1, 0.15) is 6.61 Å². The molecule has 0 aromatic rings. The normalized spacial score (nSPS) is 10.8. The molecule has 5 nitrogen and oxygen atoms in total. The van der Waals surface area contributed by atoms with Gasteiger partial charge in [0, 0.05) is 19.5 Å². The first-order valence-corrected chi connectivity index (χ1v) is 5.07. The Hall–Kier alpha value is -0.790. The van der Waals surface area contributed by atoms with Crippen LogP contribution >= 0.6 is 0 Å². The maximum Gasteiger partial charge on any atom is 0.261 e. The number of halogens is 2. The molecule has 0 heterocycles. The first-order chi connectivity index (χ1) is 7.66. The fourth-order valence-electron chi connectivity index (χ4n) is 0.874. The minimum atomic E-state index is -2.49. The van der Waals surface area contributed by atoms with E-state index in [0.717, 1.165) is 0 Å². The van der Waals surface area contributed by atoms with Crippen LogP contribution in [0.15, 0.2) is 0 Å². The Kier molecular flexibility index (Phi) is 10.2. The van der Waals surface area contributed by atoms with Gasteiger partial charge in [-0.25, -0.2) is 8.78 Å². The van der Waals surface area contributed by atoms with Gasteiger partial charge in [0.2, 0.25) is 5.91 Å². The van der Waals surface area contributed by atoms with Crippen molar-refractivity contribution >= 4 is 5.91 Å². The molecular weight excluding hydrogens is 222 g/mol. The van der Waals surface area contributed by atoms with E-state index in [1.54, 1.807) is 0 Å². The Morgan fingerprint density at radius 2 is 2.00 bits per heavy atom. The van der Waals surface area contributed by atoms with Gasteiger partial charge in [-0.05, 0) is 0 Å². The summed E-state index contributed by atoms with van der Waals surface area (Å²) in [6.45, 7) is 1.03. The predicted octanol–water partition coefficient (Wildman–Crippen LogP) is -0.250. The number of carbonyl (C=O) groups excluding carboxylic acids is 1. The van der Waals surface area contributed by atoms with Crippen molar-refractivity contribution in [3.63, 3.8) is 0 Å². The highest BCUT2D eigenvalue weighted by atomic mass is 19.3. The molecule has 0 bridgehead atoms. The van der Waals surface area contributed by atoms with E-state index in [9.17, 15) is 13.6 Å². The molecule has 0 saturated carbocycles. The van der Waals surface area contributed by atoms with Crippen LogP contribution in [0.25, 0.3) is 0 Å². The first-order valence-electron chi connectivity index (χ1n) is 5.07. The molecule has 0 atom stereocenters. The fourth-order valence-corrected chi connectivity index (χ4v) is 0.874.